The van der Waals surface area contributed by atoms with Crippen LogP contribution in [0.25, 0.3) is 0 Å². The molecule has 1 aliphatic heterocycles. The zero-order chi connectivity index (χ0) is 14.8. The summed E-state index contributed by atoms with van der Waals surface area (Å²) in [6.45, 7) is 9.47. The molecule has 0 spiro atoms. The number of carbonyl (C=O) groups excluding carboxylic acids is 1. The summed E-state index contributed by atoms with van der Waals surface area (Å²) in [4.78, 5) is 14.0. The molecule has 1 amide bonds. The van der Waals surface area contributed by atoms with Crippen molar-refractivity contribution in [1.82, 2.24) is 10.2 Å². The van der Waals surface area contributed by atoms with Gasteiger partial charge in [-0.1, -0.05) is 30.3 Å². The van der Waals surface area contributed by atoms with Crippen LogP contribution < -0.4 is 5.32 Å². The quantitative estimate of drug-likeness (QED) is 0.860. The standard InChI is InChI=1S/C16H24N2O2/c1-12(13-8-6-5-7-9-13)18-11-14(18)10-17-15(19)20-16(2,3)4/h5-9,12,14H,10-11H2,1-4H3,(H,17,19)/t12-,14-,18?/m0/s1. The van der Waals surface area contributed by atoms with Crippen molar-refractivity contribution in [1.29, 1.82) is 0 Å². The minimum absolute atomic E-state index is 0.336. The molecule has 0 saturated carbocycles. The molecule has 1 saturated heterocycles. The van der Waals surface area contributed by atoms with Crippen LogP contribution in [0.15, 0.2) is 30.3 Å². The zero-order valence-corrected chi connectivity index (χ0v) is 12.7. The van der Waals surface area contributed by atoms with Crippen LogP contribution in [0.3, 0.4) is 0 Å². The minimum atomic E-state index is -0.440. The number of amides is 1. The van der Waals surface area contributed by atoms with Gasteiger partial charge in [-0.25, -0.2) is 4.79 Å². The second-order valence-corrected chi connectivity index (χ2v) is 6.32. The summed E-state index contributed by atoms with van der Waals surface area (Å²) in [5.74, 6) is 0. The number of nitrogens with zero attached hydrogens (tertiary/aromatic N) is 1. The van der Waals surface area contributed by atoms with Gasteiger partial charge in [-0.15, -0.1) is 0 Å². The molecule has 3 atom stereocenters. The van der Waals surface area contributed by atoms with Crippen molar-refractivity contribution in [2.24, 2.45) is 0 Å². The fourth-order valence-electron chi connectivity index (χ4n) is 2.29. The van der Waals surface area contributed by atoms with Gasteiger partial charge in [-0.3, -0.25) is 4.90 Å². The highest BCUT2D eigenvalue weighted by Gasteiger charge is 2.38. The van der Waals surface area contributed by atoms with Gasteiger partial charge >= 0.3 is 6.09 Å². The van der Waals surface area contributed by atoms with Gasteiger partial charge in [0.2, 0.25) is 0 Å². The number of carbonyl (C=O) groups is 1. The Kier molecular flexibility index (Phi) is 4.33. The fraction of sp³-hybridized carbons (Fsp3) is 0.562. The molecule has 4 heteroatoms. The molecule has 1 aliphatic rings. The van der Waals surface area contributed by atoms with E-state index < -0.39 is 5.60 Å². The van der Waals surface area contributed by atoms with Crippen LogP contribution in [0.5, 0.6) is 0 Å². The summed E-state index contributed by atoms with van der Waals surface area (Å²) in [6.07, 6.45) is -0.336. The highest BCUT2D eigenvalue weighted by molar-refractivity contribution is 5.67. The Morgan fingerprint density at radius 2 is 2.05 bits per heavy atom. The molecule has 0 radical (unpaired) electrons. The van der Waals surface area contributed by atoms with Gasteiger partial charge in [0.1, 0.15) is 5.60 Å². The SMILES string of the molecule is C[C@@H](c1ccccc1)N1C[C@@H]1CNC(=O)OC(C)(C)C. The molecule has 1 aromatic carbocycles. The summed E-state index contributed by atoms with van der Waals surface area (Å²) in [5, 5.41) is 2.83. The third-order valence-electron chi connectivity index (χ3n) is 3.42. The van der Waals surface area contributed by atoms with Crippen LogP contribution in [0.4, 0.5) is 4.79 Å². The first-order valence-corrected chi connectivity index (χ1v) is 7.14. The van der Waals surface area contributed by atoms with Crippen molar-refractivity contribution in [2.75, 3.05) is 13.1 Å². The third kappa shape index (κ3) is 4.23. The smallest absolute Gasteiger partial charge is 0.407 e. The molecule has 0 aromatic heterocycles. The molecule has 20 heavy (non-hydrogen) atoms. The lowest BCUT2D eigenvalue weighted by Gasteiger charge is -2.20. The van der Waals surface area contributed by atoms with E-state index in [1.165, 1.54) is 5.56 Å². The lowest BCUT2D eigenvalue weighted by Crippen LogP contribution is -2.35. The maximum Gasteiger partial charge on any atom is 0.407 e. The molecule has 0 aliphatic carbocycles. The van der Waals surface area contributed by atoms with Crippen LogP contribution in [0.1, 0.15) is 39.3 Å². The first-order chi connectivity index (χ1) is 9.37. The van der Waals surface area contributed by atoms with Gasteiger partial charge < -0.3 is 10.1 Å². The average molecular weight is 276 g/mol. The monoisotopic (exact) mass is 276 g/mol. The first-order valence-electron chi connectivity index (χ1n) is 7.14. The van der Waals surface area contributed by atoms with E-state index >= 15 is 0 Å². The van der Waals surface area contributed by atoms with Crippen molar-refractivity contribution < 1.29 is 9.53 Å². The van der Waals surface area contributed by atoms with E-state index in [2.05, 4.69) is 41.4 Å². The van der Waals surface area contributed by atoms with Gasteiger partial charge in [-0.2, -0.15) is 0 Å². The van der Waals surface area contributed by atoms with E-state index in [1.54, 1.807) is 0 Å². The molecule has 4 nitrogen and oxygen atoms in total. The van der Waals surface area contributed by atoms with Crippen LogP contribution in [-0.4, -0.2) is 35.7 Å². The topological polar surface area (TPSA) is 41.3 Å². The number of benzene rings is 1. The molecule has 110 valence electrons. The largest absolute Gasteiger partial charge is 0.444 e. The van der Waals surface area contributed by atoms with Crippen LogP contribution in [-0.2, 0) is 4.74 Å². The number of hydrogen-bond donors (Lipinski definition) is 1. The number of hydrogen-bond acceptors (Lipinski definition) is 3. The minimum Gasteiger partial charge on any atom is -0.444 e. The van der Waals surface area contributed by atoms with Crippen molar-refractivity contribution >= 4 is 6.09 Å². The summed E-state index contributed by atoms with van der Waals surface area (Å²) in [7, 11) is 0. The highest BCUT2D eigenvalue weighted by atomic mass is 16.6. The predicted molar refractivity (Wildman–Crippen MR) is 79.6 cm³/mol. The van der Waals surface area contributed by atoms with Gasteiger partial charge in [0, 0.05) is 25.2 Å². The number of nitrogens with one attached hydrogen (secondary N) is 1. The fourth-order valence-corrected chi connectivity index (χ4v) is 2.29. The van der Waals surface area contributed by atoms with Gasteiger partial charge in [0.05, 0.1) is 0 Å². The molecule has 0 bridgehead atoms. The lowest BCUT2D eigenvalue weighted by atomic mass is 10.1. The number of rotatable bonds is 4. The summed E-state index contributed by atoms with van der Waals surface area (Å²) in [5.41, 5.74) is 0.872. The molecular weight excluding hydrogens is 252 g/mol. The molecule has 1 aromatic rings. The van der Waals surface area contributed by atoms with Crippen molar-refractivity contribution in [3.05, 3.63) is 35.9 Å². The predicted octanol–water partition coefficient (Wildman–Crippen LogP) is 2.96. The molecule has 1 fully saturated rings. The van der Waals surface area contributed by atoms with Crippen LogP contribution >= 0.6 is 0 Å². The first kappa shape index (κ1) is 14.9. The van der Waals surface area contributed by atoms with E-state index in [-0.39, 0.29) is 6.09 Å². The molecule has 1 heterocycles. The maximum atomic E-state index is 11.6. The Labute approximate surface area is 121 Å². The van der Waals surface area contributed by atoms with Crippen LogP contribution in [0, 0.1) is 0 Å². The van der Waals surface area contributed by atoms with E-state index in [0.717, 1.165) is 6.54 Å². The molecule has 1 N–H and O–H groups in total. The molecule has 2 rings (SSSR count). The number of alkyl carbamates (subject to hydrolysis) is 1. The van der Waals surface area contributed by atoms with Gasteiger partial charge in [0.15, 0.2) is 0 Å². The average Bonchev–Trinajstić information content (AvgIpc) is 3.14. The Hall–Kier alpha value is -1.55. The lowest BCUT2D eigenvalue weighted by molar-refractivity contribution is 0.0526. The van der Waals surface area contributed by atoms with Gasteiger partial charge in [-0.05, 0) is 33.3 Å². The summed E-state index contributed by atoms with van der Waals surface area (Å²) < 4.78 is 5.23. The third-order valence-corrected chi connectivity index (χ3v) is 3.42. The van der Waals surface area contributed by atoms with Gasteiger partial charge in [0.25, 0.3) is 0 Å². The number of ether oxygens (including phenoxy) is 1. The zero-order valence-electron chi connectivity index (χ0n) is 12.7. The Morgan fingerprint density at radius 3 is 2.65 bits per heavy atom. The Morgan fingerprint density at radius 1 is 1.40 bits per heavy atom. The second kappa shape index (κ2) is 5.83. The van der Waals surface area contributed by atoms with E-state index in [4.69, 9.17) is 4.74 Å². The van der Waals surface area contributed by atoms with Crippen molar-refractivity contribution in [2.45, 2.75) is 45.4 Å². The van der Waals surface area contributed by atoms with E-state index in [0.29, 0.717) is 18.6 Å². The van der Waals surface area contributed by atoms with Crippen LogP contribution in [0.2, 0.25) is 0 Å². The molecule has 1 unspecified atom stereocenters. The molecular formula is C16H24N2O2. The van der Waals surface area contributed by atoms with E-state index in [9.17, 15) is 4.79 Å². The van der Waals surface area contributed by atoms with Crippen molar-refractivity contribution in [3.63, 3.8) is 0 Å². The summed E-state index contributed by atoms with van der Waals surface area (Å²) in [6, 6.07) is 11.2. The van der Waals surface area contributed by atoms with E-state index in [1.807, 2.05) is 26.8 Å². The second-order valence-electron chi connectivity index (χ2n) is 6.32. The maximum absolute atomic E-state index is 11.6. The highest BCUT2D eigenvalue weighted by Crippen LogP contribution is 2.31. The Bertz CT molecular complexity index is 453. The normalized spacial score (nSPS) is 23.0. The summed E-state index contributed by atoms with van der Waals surface area (Å²) >= 11 is 0. The van der Waals surface area contributed by atoms with Crippen molar-refractivity contribution in [3.8, 4) is 0 Å². The Balaban J connectivity index is 1.74.